The first-order valence-electron chi connectivity index (χ1n) is 6.05. The molecule has 2 rings (SSSR count). The fraction of sp³-hybridized carbons (Fsp3) is 0.200. The predicted molar refractivity (Wildman–Crippen MR) is 76.5 cm³/mol. The second-order valence-electron chi connectivity index (χ2n) is 4.18. The highest BCUT2D eigenvalue weighted by molar-refractivity contribution is 5.73. The van der Waals surface area contributed by atoms with Crippen LogP contribution in [0.5, 0.6) is 5.75 Å². The summed E-state index contributed by atoms with van der Waals surface area (Å²) in [6.45, 7) is 4.68. The summed E-state index contributed by atoms with van der Waals surface area (Å²) in [5.74, 6) is 0.855. The van der Waals surface area contributed by atoms with Crippen LogP contribution in [0.4, 0.5) is 17.1 Å². The molecule has 2 aromatic carbocycles. The van der Waals surface area contributed by atoms with Gasteiger partial charge in [0.25, 0.3) is 0 Å². The summed E-state index contributed by atoms with van der Waals surface area (Å²) in [7, 11) is 0. The van der Waals surface area contributed by atoms with E-state index in [1.165, 1.54) is 5.56 Å². The van der Waals surface area contributed by atoms with Crippen molar-refractivity contribution in [3.8, 4) is 5.75 Å². The third-order valence-electron chi connectivity index (χ3n) is 2.63. The fourth-order valence-corrected chi connectivity index (χ4v) is 1.76. The normalized spacial score (nSPS) is 10.1. The Morgan fingerprint density at radius 3 is 2.78 bits per heavy atom. The van der Waals surface area contributed by atoms with Crippen LogP contribution in [0.2, 0.25) is 0 Å². The van der Waals surface area contributed by atoms with Crippen molar-refractivity contribution in [3.63, 3.8) is 0 Å². The van der Waals surface area contributed by atoms with Crippen molar-refractivity contribution in [3.05, 3.63) is 48.0 Å². The van der Waals surface area contributed by atoms with E-state index in [0.717, 1.165) is 22.8 Å². The van der Waals surface area contributed by atoms with Crippen molar-refractivity contribution >= 4 is 17.1 Å². The largest absolute Gasteiger partial charge is 0.494 e. The lowest BCUT2D eigenvalue weighted by atomic mass is 10.2. The third-order valence-corrected chi connectivity index (χ3v) is 2.63. The van der Waals surface area contributed by atoms with Crippen LogP contribution < -0.4 is 15.8 Å². The average molecular weight is 242 g/mol. The Kier molecular flexibility index (Phi) is 3.72. The zero-order chi connectivity index (χ0) is 13.0. The van der Waals surface area contributed by atoms with Gasteiger partial charge in [-0.2, -0.15) is 0 Å². The molecule has 0 aromatic heterocycles. The Morgan fingerprint density at radius 2 is 2.00 bits per heavy atom. The summed E-state index contributed by atoms with van der Waals surface area (Å²) >= 11 is 0. The summed E-state index contributed by atoms with van der Waals surface area (Å²) in [5.41, 5.74) is 9.74. The molecular weight excluding hydrogens is 224 g/mol. The highest BCUT2D eigenvalue weighted by Gasteiger charge is 2.01. The number of nitrogen functional groups attached to an aromatic ring is 1. The summed E-state index contributed by atoms with van der Waals surface area (Å²) < 4.78 is 5.47. The molecule has 0 amide bonds. The standard InChI is InChI=1S/C15H18N2O/c1-3-18-13-6-4-5-12(10-13)17-15-9-11(2)7-8-14(15)16/h4-10,17H,3,16H2,1-2H3. The minimum atomic E-state index is 0.663. The maximum absolute atomic E-state index is 5.94. The maximum Gasteiger partial charge on any atom is 0.121 e. The second kappa shape index (κ2) is 5.45. The molecule has 0 aliphatic heterocycles. The highest BCUT2D eigenvalue weighted by Crippen LogP contribution is 2.26. The lowest BCUT2D eigenvalue weighted by molar-refractivity contribution is 0.340. The van der Waals surface area contributed by atoms with Gasteiger partial charge >= 0.3 is 0 Å². The zero-order valence-corrected chi connectivity index (χ0v) is 10.7. The number of rotatable bonds is 4. The molecule has 3 nitrogen and oxygen atoms in total. The second-order valence-corrected chi connectivity index (χ2v) is 4.18. The molecule has 0 spiro atoms. The first kappa shape index (κ1) is 12.3. The number of ether oxygens (including phenoxy) is 1. The molecule has 0 fully saturated rings. The van der Waals surface area contributed by atoms with Gasteiger partial charge in [-0.1, -0.05) is 12.1 Å². The first-order chi connectivity index (χ1) is 8.69. The average Bonchev–Trinajstić information content (AvgIpc) is 2.35. The van der Waals surface area contributed by atoms with Crippen LogP contribution in [0.25, 0.3) is 0 Å². The van der Waals surface area contributed by atoms with Gasteiger partial charge in [-0.15, -0.1) is 0 Å². The van der Waals surface area contributed by atoms with Crippen LogP contribution in [0, 0.1) is 6.92 Å². The molecule has 0 unspecified atom stereocenters. The van der Waals surface area contributed by atoms with Gasteiger partial charge in [0.15, 0.2) is 0 Å². The lowest BCUT2D eigenvalue weighted by Crippen LogP contribution is -1.97. The van der Waals surface area contributed by atoms with E-state index in [-0.39, 0.29) is 0 Å². The summed E-state index contributed by atoms with van der Waals surface area (Å²) in [6.07, 6.45) is 0. The topological polar surface area (TPSA) is 47.3 Å². The smallest absolute Gasteiger partial charge is 0.121 e. The van der Waals surface area contributed by atoms with Gasteiger partial charge in [0.2, 0.25) is 0 Å². The molecule has 0 heterocycles. The maximum atomic E-state index is 5.94. The molecule has 0 bridgehead atoms. The molecule has 0 aliphatic carbocycles. The van der Waals surface area contributed by atoms with Crippen molar-refractivity contribution in [1.82, 2.24) is 0 Å². The molecule has 3 heteroatoms. The van der Waals surface area contributed by atoms with E-state index in [2.05, 4.69) is 5.32 Å². The van der Waals surface area contributed by atoms with Crippen molar-refractivity contribution < 1.29 is 4.74 Å². The summed E-state index contributed by atoms with van der Waals surface area (Å²) in [4.78, 5) is 0. The van der Waals surface area contributed by atoms with Crippen molar-refractivity contribution in [2.24, 2.45) is 0 Å². The van der Waals surface area contributed by atoms with Gasteiger partial charge in [-0.3, -0.25) is 0 Å². The van der Waals surface area contributed by atoms with Crippen LogP contribution in [0.1, 0.15) is 12.5 Å². The lowest BCUT2D eigenvalue weighted by Gasteiger charge is -2.11. The van der Waals surface area contributed by atoms with E-state index in [1.807, 2.05) is 56.3 Å². The Labute approximate surface area is 108 Å². The van der Waals surface area contributed by atoms with E-state index >= 15 is 0 Å². The van der Waals surface area contributed by atoms with Crippen molar-refractivity contribution in [2.45, 2.75) is 13.8 Å². The number of hydrogen-bond acceptors (Lipinski definition) is 3. The van der Waals surface area contributed by atoms with E-state index in [9.17, 15) is 0 Å². The minimum Gasteiger partial charge on any atom is -0.494 e. The van der Waals surface area contributed by atoms with Gasteiger partial charge in [0, 0.05) is 11.8 Å². The van der Waals surface area contributed by atoms with Crippen LogP contribution >= 0.6 is 0 Å². The third kappa shape index (κ3) is 2.94. The minimum absolute atomic E-state index is 0.663. The Balaban J connectivity index is 2.22. The zero-order valence-electron chi connectivity index (χ0n) is 10.7. The number of aryl methyl sites for hydroxylation is 1. The van der Waals surface area contributed by atoms with E-state index in [0.29, 0.717) is 6.61 Å². The van der Waals surface area contributed by atoms with Gasteiger partial charge in [-0.25, -0.2) is 0 Å². The summed E-state index contributed by atoms with van der Waals surface area (Å²) in [6, 6.07) is 13.8. The fourth-order valence-electron chi connectivity index (χ4n) is 1.76. The molecule has 0 radical (unpaired) electrons. The van der Waals surface area contributed by atoms with Gasteiger partial charge in [0.1, 0.15) is 5.75 Å². The number of nitrogens with two attached hydrogens (primary N) is 1. The SMILES string of the molecule is CCOc1cccc(Nc2cc(C)ccc2N)c1. The predicted octanol–water partition coefficient (Wildman–Crippen LogP) is 3.72. The Morgan fingerprint density at radius 1 is 1.17 bits per heavy atom. The molecule has 0 saturated heterocycles. The van der Waals surface area contributed by atoms with E-state index in [1.54, 1.807) is 0 Å². The van der Waals surface area contributed by atoms with Crippen LogP contribution in [-0.2, 0) is 0 Å². The van der Waals surface area contributed by atoms with Gasteiger partial charge in [0.05, 0.1) is 18.0 Å². The number of nitrogens with one attached hydrogen (secondary N) is 1. The van der Waals surface area contributed by atoms with Crippen molar-refractivity contribution in [1.29, 1.82) is 0 Å². The number of benzene rings is 2. The molecular formula is C15H18N2O. The first-order valence-corrected chi connectivity index (χ1v) is 6.05. The number of hydrogen-bond donors (Lipinski definition) is 2. The quantitative estimate of drug-likeness (QED) is 0.803. The van der Waals surface area contributed by atoms with Gasteiger partial charge in [-0.05, 0) is 43.7 Å². The molecule has 18 heavy (non-hydrogen) atoms. The van der Waals surface area contributed by atoms with E-state index < -0.39 is 0 Å². The van der Waals surface area contributed by atoms with Crippen LogP contribution in [0.15, 0.2) is 42.5 Å². The number of anilines is 3. The molecule has 0 aliphatic rings. The molecule has 94 valence electrons. The highest BCUT2D eigenvalue weighted by atomic mass is 16.5. The molecule has 3 N–H and O–H groups in total. The molecule has 0 saturated carbocycles. The molecule has 0 atom stereocenters. The van der Waals surface area contributed by atoms with E-state index in [4.69, 9.17) is 10.5 Å². The van der Waals surface area contributed by atoms with Crippen molar-refractivity contribution in [2.75, 3.05) is 17.7 Å². The monoisotopic (exact) mass is 242 g/mol. The Hall–Kier alpha value is -2.16. The molecule has 2 aromatic rings. The van der Waals surface area contributed by atoms with Gasteiger partial charge < -0.3 is 15.8 Å². The van der Waals surface area contributed by atoms with Crippen LogP contribution in [0.3, 0.4) is 0 Å². The van der Waals surface area contributed by atoms with Crippen LogP contribution in [-0.4, -0.2) is 6.61 Å². The summed E-state index contributed by atoms with van der Waals surface area (Å²) in [5, 5.41) is 3.31. The Bertz CT molecular complexity index is 538.